The van der Waals surface area contributed by atoms with E-state index in [9.17, 15) is 10.1 Å². The van der Waals surface area contributed by atoms with Crippen LogP contribution < -0.4 is 5.32 Å². The van der Waals surface area contributed by atoms with Gasteiger partial charge in [0.2, 0.25) is 0 Å². The van der Waals surface area contributed by atoms with Gasteiger partial charge in [-0.1, -0.05) is 0 Å². The first-order chi connectivity index (χ1) is 6.59. The number of aliphatic hydroxyl groups excluding tert-OH is 1. The van der Waals surface area contributed by atoms with E-state index in [0.29, 0.717) is 12.2 Å². The maximum Gasteiger partial charge on any atom is 0.270 e. The molecule has 0 aliphatic rings. The van der Waals surface area contributed by atoms with Crippen LogP contribution in [0.25, 0.3) is 0 Å². The van der Waals surface area contributed by atoms with Crippen LogP contribution in [0.5, 0.6) is 0 Å². The van der Waals surface area contributed by atoms with Gasteiger partial charge in [-0.25, -0.2) is 0 Å². The first-order valence-electron chi connectivity index (χ1n) is 4.17. The average Bonchev–Trinajstić information content (AvgIpc) is 2.15. The van der Waals surface area contributed by atoms with E-state index in [-0.39, 0.29) is 5.69 Å². The number of aliphatic hydroxyl groups is 1. The highest BCUT2D eigenvalue weighted by atomic mass is 16.6. The summed E-state index contributed by atoms with van der Waals surface area (Å²) >= 11 is 0. The van der Waals surface area contributed by atoms with Gasteiger partial charge < -0.3 is 10.4 Å². The van der Waals surface area contributed by atoms with Crippen LogP contribution in [0.1, 0.15) is 6.92 Å². The molecule has 14 heavy (non-hydrogen) atoms. The van der Waals surface area contributed by atoms with Gasteiger partial charge in [0.1, 0.15) is 0 Å². The molecule has 1 aromatic carbocycles. The lowest BCUT2D eigenvalue weighted by atomic mass is 10.3. The van der Waals surface area contributed by atoms with Gasteiger partial charge in [0.15, 0.2) is 0 Å². The van der Waals surface area contributed by atoms with Crippen molar-refractivity contribution < 1.29 is 10.0 Å². The number of nitro groups is 1. The summed E-state index contributed by atoms with van der Waals surface area (Å²) in [4.78, 5) is 9.83. The molecule has 5 heteroatoms. The Balaban J connectivity index is 2.60. The van der Waals surface area contributed by atoms with E-state index in [2.05, 4.69) is 11.4 Å². The van der Waals surface area contributed by atoms with E-state index in [4.69, 9.17) is 5.11 Å². The first-order valence-corrected chi connectivity index (χ1v) is 4.17. The molecule has 1 aromatic rings. The number of nitrogens with one attached hydrogen (secondary N) is 1. The average molecular weight is 195 g/mol. The van der Waals surface area contributed by atoms with Crippen molar-refractivity contribution in [3.63, 3.8) is 0 Å². The van der Waals surface area contributed by atoms with Crippen molar-refractivity contribution in [2.45, 2.75) is 13.0 Å². The molecule has 0 aromatic heterocycles. The monoisotopic (exact) mass is 195 g/mol. The number of rotatable bonds is 4. The summed E-state index contributed by atoms with van der Waals surface area (Å²) in [5.74, 6) is 0. The van der Waals surface area contributed by atoms with Crippen LogP contribution >= 0.6 is 0 Å². The second-order valence-electron chi connectivity index (χ2n) is 2.95. The third-order valence-corrected chi connectivity index (χ3v) is 1.60. The fraction of sp³-hybridized carbons (Fsp3) is 0.333. The van der Waals surface area contributed by atoms with Gasteiger partial charge in [0, 0.05) is 30.4 Å². The summed E-state index contributed by atoms with van der Waals surface area (Å²) in [5.41, 5.74) is 0.643. The lowest BCUT2D eigenvalue weighted by Gasteiger charge is -2.06. The maximum absolute atomic E-state index is 10.3. The standard InChI is InChI=1S/C9H11N2O3/c1-7(12)6-10-8-2-4-9(5-3-8)11(13)14/h2,4-5,7,10,12H,6H2,1H3. The molecule has 0 spiro atoms. The van der Waals surface area contributed by atoms with Gasteiger partial charge in [-0.15, -0.1) is 0 Å². The molecule has 0 heterocycles. The van der Waals surface area contributed by atoms with Gasteiger partial charge in [0.05, 0.1) is 11.0 Å². The summed E-state index contributed by atoms with van der Waals surface area (Å²) in [7, 11) is 0. The van der Waals surface area contributed by atoms with E-state index in [1.54, 1.807) is 13.0 Å². The van der Waals surface area contributed by atoms with Gasteiger partial charge >= 0.3 is 0 Å². The highest BCUT2D eigenvalue weighted by Crippen LogP contribution is 2.14. The molecular weight excluding hydrogens is 184 g/mol. The first kappa shape index (κ1) is 10.5. The minimum absolute atomic E-state index is 0.00703. The van der Waals surface area contributed by atoms with Crippen LogP contribution in [0, 0.1) is 16.2 Å². The topological polar surface area (TPSA) is 75.4 Å². The third-order valence-electron chi connectivity index (χ3n) is 1.60. The van der Waals surface area contributed by atoms with Crippen molar-refractivity contribution in [3.05, 3.63) is 34.4 Å². The van der Waals surface area contributed by atoms with E-state index >= 15 is 0 Å². The van der Waals surface area contributed by atoms with E-state index < -0.39 is 11.0 Å². The zero-order valence-corrected chi connectivity index (χ0v) is 7.73. The molecule has 1 unspecified atom stereocenters. The Morgan fingerprint density at radius 2 is 2.43 bits per heavy atom. The molecule has 1 rings (SSSR count). The van der Waals surface area contributed by atoms with Gasteiger partial charge in [-0.05, 0) is 13.0 Å². The number of non-ortho nitro benzene ring substituents is 1. The quantitative estimate of drug-likeness (QED) is 0.559. The molecule has 0 aliphatic carbocycles. The maximum atomic E-state index is 10.3. The Hall–Kier alpha value is -1.62. The molecule has 1 radical (unpaired) electrons. The molecule has 0 bridgehead atoms. The number of hydrogen-bond donors (Lipinski definition) is 2. The molecule has 5 nitrogen and oxygen atoms in total. The van der Waals surface area contributed by atoms with Crippen molar-refractivity contribution in [1.82, 2.24) is 0 Å². The molecule has 0 fully saturated rings. The molecule has 0 amide bonds. The highest BCUT2D eigenvalue weighted by molar-refractivity contribution is 5.47. The lowest BCUT2D eigenvalue weighted by Crippen LogP contribution is -2.15. The van der Waals surface area contributed by atoms with Crippen LogP contribution in [0.3, 0.4) is 0 Å². The number of benzene rings is 1. The minimum Gasteiger partial charge on any atom is -0.392 e. The van der Waals surface area contributed by atoms with Crippen molar-refractivity contribution in [3.8, 4) is 0 Å². The number of nitro benzene ring substituents is 1. The Bertz CT molecular complexity index is 308. The second kappa shape index (κ2) is 4.57. The van der Waals surface area contributed by atoms with Crippen molar-refractivity contribution in [2.75, 3.05) is 11.9 Å². The second-order valence-corrected chi connectivity index (χ2v) is 2.95. The normalized spacial score (nSPS) is 12.1. The molecule has 75 valence electrons. The zero-order chi connectivity index (χ0) is 10.6. The lowest BCUT2D eigenvalue weighted by molar-refractivity contribution is -0.384. The molecule has 2 N–H and O–H groups in total. The minimum atomic E-state index is -0.477. The molecular formula is C9H11N2O3. The molecule has 0 aliphatic heterocycles. The number of nitrogens with zero attached hydrogens (tertiary/aromatic N) is 1. The fourth-order valence-corrected chi connectivity index (χ4v) is 0.898. The fourth-order valence-electron chi connectivity index (χ4n) is 0.898. The summed E-state index contributed by atoms with van der Waals surface area (Å²) < 4.78 is 0. The predicted octanol–water partition coefficient (Wildman–Crippen LogP) is 1.19. The smallest absolute Gasteiger partial charge is 0.270 e. The van der Waals surface area contributed by atoms with Crippen LogP contribution in [0.2, 0.25) is 0 Å². The van der Waals surface area contributed by atoms with Crippen LogP contribution in [-0.2, 0) is 0 Å². The SMILES string of the molecule is CC(O)CNc1[c]cc([N+](=O)[O-])cc1. The highest BCUT2D eigenvalue weighted by Gasteiger charge is 2.04. The van der Waals surface area contributed by atoms with Gasteiger partial charge in [-0.3, -0.25) is 10.1 Å². The van der Waals surface area contributed by atoms with E-state index in [1.807, 2.05) is 0 Å². The Morgan fingerprint density at radius 3 is 2.86 bits per heavy atom. The van der Waals surface area contributed by atoms with E-state index in [0.717, 1.165) is 0 Å². The molecule has 0 saturated carbocycles. The summed E-state index contributed by atoms with van der Waals surface area (Å²) in [5, 5.41) is 22.2. The van der Waals surface area contributed by atoms with Crippen molar-refractivity contribution in [1.29, 1.82) is 0 Å². The predicted molar refractivity (Wildman–Crippen MR) is 52.1 cm³/mol. The molecule has 1 atom stereocenters. The van der Waals surface area contributed by atoms with Crippen molar-refractivity contribution in [2.24, 2.45) is 0 Å². The Labute approximate surface area is 81.5 Å². The number of anilines is 1. The van der Waals surface area contributed by atoms with Gasteiger partial charge in [-0.2, -0.15) is 0 Å². The Kier molecular flexibility index (Phi) is 3.41. The molecule has 0 saturated heterocycles. The van der Waals surface area contributed by atoms with Crippen LogP contribution in [0.4, 0.5) is 11.4 Å². The van der Waals surface area contributed by atoms with Crippen LogP contribution in [-0.4, -0.2) is 22.7 Å². The third kappa shape index (κ3) is 3.02. The largest absolute Gasteiger partial charge is 0.392 e. The summed E-state index contributed by atoms with van der Waals surface area (Å²) in [6.07, 6.45) is -0.460. The number of hydrogen-bond acceptors (Lipinski definition) is 4. The summed E-state index contributed by atoms with van der Waals surface area (Å²) in [6.45, 7) is 2.05. The zero-order valence-electron chi connectivity index (χ0n) is 7.73. The van der Waals surface area contributed by atoms with Crippen LogP contribution in [0.15, 0.2) is 18.2 Å². The van der Waals surface area contributed by atoms with E-state index in [1.165, 1.54) is 12.1 Å². The van der Waals surface area contributed by atoms with Crippen molar-refractivity contribution >= 4 is 11.4 Å². The summed E-state index contributed by atoms with van der Waals surface area (Å²) in [6, 6.07) is 6.95. The Morgan fingerprint density at radius 1 is 1.71 bits per heavy atom. The van der Waals surface area contributed by atoms with Gasteiger partial charge in [0.25, 0.3) is 5.69 Å².